The van der Waals surface area contributed by atoms with E-state index in [1.54, 1.807) is 11.5 Å². The quantitative estimate of drug-likeness (QED) is 0.624. The fourth-order valence-corrected chi connectivity index (χ4v) is 2.67. The van der Waals surface area contributed by atoms with Crippen molar-refractivity contribution in [3.05, 3.63) is 47.5 Å². The second-order valence-corrected chi connectivity index (χ2v) is 5.43. The molecule has 1 heterocycles. The summed E-state index contributed by atoms with van der Waals surface area (Å²) < 4.78 is 0. The summed E-state index contributed by atoms with van der Waals surface area (Å²) >= 11 is 1.33. The van der Waals surface area contributed by atoms with Crippen LogP contribution in [0.1, 0.15) is 12.6 Å². The number of nitrogens with zero attached hydrogens (tertiary/aromatic N) is 3. The van der Waals surface area contributed by atoms with Gasteiger partial charge in [0, 0.05) is 25.4 Å². The molecule has 0 unspecified atom stereocenters. The van der Waals surface area contributed by atoms with Crippen LogP contribution in [0.15, 0.2) is 41.8 Å². The molecule has 1 aromatic heterocycles. The summed E-state index contributed by atoms with van der Waals surface area (Å²) in [7, 11) is 2.93. The van der Waals surface area contributed by atoms with Gasteiger partial charge in [-0.2, -0.15) is 0 Å². The molecule has 0 fully saturated rings. The Morgan fingerprint density at radius 2 is 1.96 bits per heavy atom. The molecule has 0 aliphatic carbocycles. The van der Waals surface area contributed by atoms with E-state index in [2.05, 4.69) is 4.98 Å². The lowest BCUT2D eigenvalue weighted by molar-refractivity contribution is -0.162. The Kier molecular flexibility index (Phi) is 5.61. The summed E-state index contributed by atoms with van der Waals surface area (Å²) in [6.45, 7) is 1.49. The molecular formula is C16H17N3O3S. The first-order valence-electron chi connectivity index (χ1n) is 6.84. The van der Waals surface area contributed by atoms with Crippen molar-refractivity contribution in [2.75, 3.05) is 19.1 Å². The van der Waals surface area contributed by atoms with Gasteiger partial charge in [0.1, 0.15) is 0 Å². The van der Waals surface area contributed by atoms with Gasteiger partial charge in [-0.05, 0) is 18.2 Å². The number of likely N-dealkylation sites (N-methyl/N-ethyl adjacent to an activating group) is 1. The van der Waals surface area contributed by atoms with E-state index in [-0.39, 0.29) is 11.8 Å². The van der Waals surface area contributed by atoms with Gasteiger partial charge in [-0.15, -0.1) is 11.3 Å². The summed E-state index contributed by atoms with van der Waals surface area (Å²) in [5, 5.41) is 3.44. The molecule has 23 heavy (non-hydrogen) atoms. The molecular weight excluding hydrogens is 314 g/mol. The summed E-state index contributed by atoms with van der Waals surface area (Å²) in [6, 6.07) is 9.29. The summed E-state index contributed by atoms with van der Waals surface area (Å²) in [6.07, 6.45) is 2.95. The number of amides is 2. The highest BCUT2D eigenvalue weighted by molar-refractivity contribution is 7.14. The largest absolute Gasteiger partial charge is 0.274 e. The maximum Gasteiger partial charge on any atom is 0.269 e. The normalized spacial score (nSPS) is 10.7. The number of para-hydroxylation sites is 1. The van der Waals surface area contributed by atoms with Gasteiger partial charge in [-0.1, -0.05) is 18.2 Å². The molecule has 1 aromatic carbocycles. The van der Waals surface area contributed by atoms with Gasteiger partial charge in [0.25, 0.3) is 5.91 Å². The highest BCUT2D eigenvalue weighted by atomic mass is 32.1. The van der Waals surface area contributed by atoms with Crippen LogP contribution in [0.5, 0.6) is 0 Å². The zero-order chi connectivity index (χ0) is 16.8. The predicted octanol–water partition coefficient (Wildman–Crippen LogP) is 2.86. The van der Waals surface area contributed by atoms with E-state index in [1.165, 1.54) is 43.4 Å². The van der Waals surface area contributed by atoms with Gasteiger partial charge in [0.2, 0.25) is 5.91 Å². The van der Waals surface area contributed by atoms with Crippen LogP contribution < -0.4 is 4.90 Å². The van der Waals surface area contributed by atoms with Crippen molar-refractivity contribution in [2.24, 2.45) is 0 Å². The standard InChI is InChI=1S/C16H17N3O3S/c1-12(20)19(14-7-5-4-6-8-14)16-17-13(11-23-16)9-10-15(21)18(2)22-3/h4-11H,1-3H3/b10-9+. The molecule has 0 atom stereocenters. The molecule has 7 heteroatoms. The first-order chi connectivity index (χ1) is 11.0. The summed E-state index contributed by atoms with van der Waals surface area (Å²) in [4.78, 5) is 34.3. The van der Waals surface area contributed by atoms with E-state index < -0.39 is 0 Å². The zero-order valence-corrected chi connectivity index (χ0v) is 13.9. The van der Waals surface area contributed by atoms with E-state index >= 15 is 0 Å². The number of rotatable bonds is 5. The third-order valence-electron chi connectivity index (χ3n) is 3.01. The number of hydrogen-bond donors (Lipinski definition) is 0. The van der Waals surface area contributed by atoms with Crippen LogP contribution >= 0.6 is 11.3 Å². The monoisotopic (exact) mass is 331 g/mol. The van der Waals surface area contributed by atoms with Gasteiger partial charge >= 0.3 is 0 Å². The number of hydroxylamine groups is 2. The van der Waals surface area contributed by atoms with E-state index in [0.717, 1.165) is 10.8 Å². The van der Waals surface area contributed by atoms with Crippen molar-refractivity contribution in [3.8, 4) is 0 Å². The number of carbonyl (C=O) groups excluding carboxylic acids is 2. The minimum Gasteiger partial charge on any atom is -0.274 e. The maximum atomic E-state index is 11.9. The van der Waals surface area contributed by atoms with Crippen LogP contribution in [0.4, 0.5) is 10.8 Å². The lowest BCUT2D eigenvalue weighted by Gasteiger charge is -2.17. The highest BCUT2D eigenvalue weighted by Crippen LogP contribution is 2.28. The third-order valence-corrected chi connectivity index (χ3v) is 3.86. The van der Waals surface area contributed by atoms with Crippen molar-refractivity contribution in [3.63, 3.8) is 0 Å². The van der Waals surface area contributed by atoms with Crippen molar-refractivity contribution < 1.29 is 14.4 Å². The smallest absolute Gasteiger partial charge is 0.269 e. The van der Waals surface area contributed by atoms with Crippen LogP contribution in [0, 0.1) is 0 Å². The summed E-state index contributed by atoms with van der Waals surface area (Å²) in [5.41, 5.74) is 1.35. The molecule has 120 valence electrons. The molecule has 2 aromatic rings. The molecule has 0 saturated heterocycles. The van der Waals surface area contributed by atoms with Gasteiger partial charge in [-0.3, -0.25) is 19.3 Å². The third kappa shape index (κ3) is 4.24. The van der Waals surface area contributed by atoms with E-state index in [9.17, 15) is 9.59 Å². The molecule has 0 N–H and O–H groups in total. The minimum atomic E-state index is -0.298. The van der Waals surface area contributed by atoms with Crippen LogP contribution in [-0.2, 0) is 14.4 Å². The molecule has 0 radical (unpaired) electrons. The minimum absolute atomic E-state index is 0.128. The van der Waals surface area contributed by atoms with E-state index in [4.69, 9.17) is 4.84 Å². The second-order valence-electron chi connectivity index (χ2n) is 4.60. The number of thiazole rings is 1. The van der Waals surface area contributed by atoms with Gasteiger partial charge < -0.3 is 0 Å². The van der Waals surface area contributed by atoms with Gasteiger partial charge in [0.15, 0.2) is 5.13 Å². The number of carbonyl (C=O) groups is 2. The number of hydrogen-bond acceptors (Lipinski definition) is 5. The Bertz CT molecular complexity index is 712. The summed E-state index contributed by atoms with van der Waals surface area (Å²) in [5.74, 6) is -0.426. The van der Waals surface area contributed by atoms with Crippen LogP contribution in [-0.4, -0.2) is 36.0 Å². The van der Waals surface area contributed by atoms with Crippen molar-refractivity contribution in [1.29, 1.82) is 0 Å². The van der Waals surface area contributed by atoms with E-state index in [1.807, 2.05) is 30.3 Å². The Balaban J connectivity index is 2.21. The topological polar surface area (TPSA) is 62.7 Å². The van der Waals surface area contributed by atoms with Crippen LogP contribution in [0.25, 0.3) is 6.08 Å². The first-order valence-corrected chi connectivity index (χ1v) is 7.72. The first kappa shape index (κ1) is 16.9. The van der Waals surface area contributed by atoms with Crippen LogP contribution in [0.3, 0.4) is 0 Å². The highest BCUT2D eigenvalue weighted by Gasteiger charge is 2.17. The molecule has 0 aliphatic rings. The molecule has 0 saturated carbocycles. The average molecular weight is 331 g/mol. The fourth-order valence-electron chi connectivity index (χ4n) is 1.81. The molecule has 2 amide bonds. The van der Waals surface area contributed by atoms with Crippen molar-refractivity contribution in [2.45, 2.75) is 6.92 Å². The predicted molar refractivity (Wildman–Crippen MR) is 90.2 cm³/mol. The Hall–Kier alpha value is -2.51. The Labute approximate surface area is 138 Å². The van der Waals surface area contributed by atoms with E-state index in [0.29, 0.717) is 10.8 Å². The fraction of sp³-hybridized carbons (Fsp3) is 0.188. The van der Waals surface area contributed by atoms with Crippen molar-refractivity contribution in [1.82, 2.24) is 10.0 Å². The Morgan fingerprint density at radius 1 is 1.26 bits per heavy atom. The number of benzene rings is 1. The SMILES string of the molecule is CON(C)C(=O)/C=C/c1csc(N(C(C)=O)c2ccccc2)n1. The lowest BCUT2D eigenvalue weighted by atomic mass is 10.3. The Morgan fingerprint density at radius 3 is 2.57 bits per heavy atom. The molecule has 0 spiro atoms. The maximum absolute atomic E-state index is 11.9. The number of anilines is 2. The average Bonchev–Trinajstić information content (AvgIpc) is 3.01. The van der Waals surface area contributed by atoms with Gasteiger partial charge in [0.05, 0.1) is 18.5 Å². The molecule has 6 nitrogen and oxygen atoms in total. The number of aromatic nitrogens is 1. The lowest BCUT2D eigenvalue weighted by Crippen LogP contribution is -2.23. The second kappa shape index (κ2) is 7.66. The molecule has 0 bridgehead atoms. The molecule has 0 aliphatic heterocycles. The van der Waals surface area contributed by atoms with Gasteiger partial charge in [-0.25, -0.2) is 10.0 Å². The van der Waals surface area contributed by atoms with Crippen molar-refractivity contribution >= 4 is 40.0 Å². The molecule has 2 rings (SSSR count). The zero-order valence-electron chi connectivity index (χ0n) is 13.1. The van der Waals surface area contributed by atoms with Crippen LogP contribution in [0.2, 0.25) is 0 Å².